The second-order valence-electron chi connectivity index (χ2n) is 6.16. The minimum atomic E-state index is -2.83. The molecule has 1 unspecified atom stereocenters. The van der Waals surface area contributed by atoms with Gasteiger partial charge in [-0.25, -0.2) is 8.42 Å². The van der Waals surface area contributed by atoms with Gasteiger partial charge in [-0.05, 0) is 50.3 Å². The SMILES string of the molecule is O=C(NCC1CCS(=O)(=O)CC1)c1ccc(C2CCCN2)s1. The Balaban J connectivity index is 1.50. The van der Waals surface area contributed by atoms with Crippen LogP contribution in [0.5, 0.6) is 0 Å². The Hall–Kier alpha value is -0.920. The van der Waals surface area contributed by atoms with Crippen molar-refractivity contribution in [1.82, 2.24) is 10.6 Å². The van der Waals surface area contributed by atoms with Gasteiger partial charge in [-0.1, -0.05) is 0 Å². The van der Waals surface area contributed by atoms with E-state index in [4.69, 9.17) is 0 Å². The minimum absolute atomic E-state index is 0.0392. The Labute approximate surface area is 135 Å². The molecule has 0 aromatic carbocycles. The highest BCUT2D eigenvalue weighted by Gasteiger charge is 2.24. The molecule has 2 N–H and O–H groups in total. The molecule has 1 aromatic heterocycles. The van der Waals surface area contributed by atoms with E-state index in [0.717, 1.165) is 17.8 Å². The van der Waals surface area contributed by atoms with Crippen LogP contribution < -0.4 is 10.6 Å². The van der Waals surface area contributed by atoms with Gasteiger partial charge in [-0.2, -0.15) is 0 Å². The van der Waals surface area contributed by atoms with E-state index in [2.05, 4.69) is 10.6 Å². The second-order valence-corrected chi connectivity index (χ2v) is 9.58. The van der Waals surface area contributed by atoms with E-state index in [1.54, 1.807) is 11.3 Å². The molecule has 3 rings (SSSR count). The topological polar surface area (TPSA) is 75.3 Å². The standard InChI is InChI=1S/C15H22N2O3S2/c18-15(17-10-11-5-8-22(19,20)9-6-11)14-4-3-13(21-14)12-2-1-7-16-12/h3-4,11-12,16H,1-2,5-10H2,(H,17,18). The fourth-order valence-corrected chi connectivity index (χ4v) is 5.68. The Morgan fingerprint density at radius 3 is 2.73 bits per heavy atom. The van der Waals surface area contributed by atoms with E-state index in [-0.39, 0.29) is 23.3 Å². The van der Waals surface area contributed by atoms with Crippen molar-refractivity contribution in [2.75, 3.05) is 24.6 Å². The molecule has 2 aliphatic heterocycles. The average molecular weight is 342 g/mol. The number of rotatable bonds is 4. The third-order valence-electron chi connectivity index (χ3n) is 4.48. The summed E-state index contributed by atoms with van der Waals surface area (Å²) in [7, 11) is -2.83. The Morgan fingerprint density at radius 2 is 2.05 bits per heavy atom. The van der Waals surface area contributed by atoms with Gasteiger partial charge < -0.3 is 10.6 Å². The van der Waals surface area contributed by atoms with Gasteiger partial charge in [0.2, 0.25) is 0 Å². The number of amides is 1. The Bertz CT molecular complexity index is 619. The van der Waals surface area contributed by atoms with Crippen molar-refractivity contribution in [2.45, 2.75) is 31.7 Å². The maximum Gasteiger partial charge on any atom is 0.261 e. The molecule has 5 nitrogen and oxygen atoms in total. The van der Waals surface area contributed by atoms with Crippen molar-refractivity contribution in [3.63, 3.8) is 0 Å². The third kappa shape index (κ3) is 3.88. The summed E-state index contributed by atoms with van der Waals surface area (Å²) in [6.07, 6.45) is 3.64. The van der Waals surface area contributed by atoms with Crippen molar-refractivity contribution in [3.05, 3.63) is 21.9 Å². The molecule has 122 valence electrons. The zero-order chi connectivity index (χ0) is 15.6. The highest BCUT2D eigenvalue weighted by atomic mass is 32.2. The normalized spacial score (nSPS) is 25.2. The van der Waals surface area contributed by atoms with Gasteiger partial charge in [0.1, 0.15) is 9.84 Å². The van der Waals surface area contributed by atoms with Gasteiger partial charge in [0, 0.05) is 17.5 Å². The lowest BCUT2D eigenvalue weighted by atomic mass is 10.0. The van der Waals surface area contributed by atoms with Crippen molar-refractivity contribution in [2.24, 2.45) is 5.92 Å². The van der Waals surface area contributed by atoms with Crippen LogP contribution >= 0.6 is 11.3 Å². The van der Waals surface area contributed by atoms with Crippen LogP contribution in [-0.2, 0) is 9.84 Å². The predicted molar refractivity (Wildman–Crippen MR) is 88.0 cm³/mol. The summed E-state index contributed by atoms with van der Waals surface area (Å²) in [6, 6.07) is 4.33. The molecule has 2 fully saturated rings. The van der Waals surface area contributed by atoms with Crippen molar-refractivity contribution in [1.29, 1.82) is 0 Å². The summed E-state index contributed by atoms with van der Waals surface area (Å²) in [6.45, 7) is 1.62. The number of carbonyl (C=O) groups excluding carboxylic acids is 1. The van der Waals surface area contributed by atoms with Crippen LogP contribution in [0.1, 0.15) is 46.3 Å². The number of hydrogen-bond acceptors (Lipinski definition) is 5. The molecule has 2 aliphatic rings. The van der Waals surface area contributed by atoms with Crippen molar-refractivity contribution < 1.29 is 13.2 Å². The highest BCUT2D eigenvalue weighted by Crippen LogP contribution is 2.29. The summed E-state index contributed by atoms with van der Waals surface area (Å²) in [5.41, 5.74) is 0. The summed E-state index contributed by atoms with van der Waals surface area (Å²) in [5, 5.41) is 6.39. The molecule has 3 heterocycles. The average Bonchev–Trinajstić information content (AvgIpc) is 3.16. The monoisotopic (exact) mass is 342 g/mol. The zero-order valence-corrected chi connectivity index (χ0v) is 14.1. The molecular formula is C15H22N2O3S2. The van der Waals surface area contributed by atoms with Gasteiger partial charge in [0.25, 0.3) is 5.91 Å². The lowest BCUT2D eigenvalue weighted by molar-refractivity contribution is 0.0950. The van der Waals surface area contributed by atoms with Crippen LogP contribution in [0.15, 0.2) is 12.1 Å². The molecule has 0 bridgehead atoms. The summed E-state index contributed by atoms with van der Waals surface area (Å²) in [4.78, 5) is 14.2. The van der Waals surface area contributed by atoms with E-state index in [9.17, 15) is 13.2 Å². The van der Waals surface area contributed by atoms with Crippen LogP contribution in [-0.4, -0.2) is 38.9 Å². The smallest absolute Gasteiger partial charge is 0.261 e. The van der Waals surface area contributed by atoms with Gasteiger partial charge in [0.05, 0.1) is 16.4 Å². The fraction of sp³-hybridized carbons (Fsp3) is 0.667. The molecule has 0 radical (unpaired) electrons. The summed E-state index contributed by atoms with van der Waals surface area (Å²) < 4.78 is 22.8. The Kier molecular flexibility index (Phi) is 4.84. The molecule has 1 aromatic rings. The fourth-order valence-electron chi connectivity index (χ4n) is 3.06. The lowest BCUT2D eigenvalue weighted by Gasteiger charge is -2.21. The lowest BCUT2D eigenvalue weighted by Crippen LogP contribution is -2.33. The number of hydrogen-bond donors (Lipinski definition) is 2. The quantitative estimate of drug-likeness (QED) is 0.874. The van der Waals surface area contributed by atoms with Crippen molar-refractivity contribution in [3.8, 4) is 0 Å². The Morgan fingerprint density at radius 1 is 1.27 bits per heavy atom. The van der Waals surface area contributed by atoms with Crippen LogP contribution in [0.3, 0.4) is 0 Å². The largest absolute Gasteiger partial charge is 0.351 e. The molecule has 2 saturated heterocycles. The van der Waals surface area contributed by atoms with E-state index < -0.39 is 9.84 Å². The zero-order valence-electron chi connectivity index (χ0n) is 12.5. The number of carbonyl (C=O) groups is 1. The third-order valence-corrected chi connectivity index (χ3v) is 7.39. The van der Waals surface area contributed by atoms with Crippen LogP contribution in [0, 0.1) is 5.92 Å². The molecule has 1 amide bonds. The molecule has 22 heavy (non-hydrogen) atoms. The minimum Gasteiger partial charge on any atom is -0.351 e. The maximum atomic E-state index is 12.2. The summed E-state index contributed by atoms with van der Waals surface area (Å²) in [5.74, 6) is 0.750. The first-order valence-electron chi connectivity index (χ1n) is 7.85. The number of nitrogens with one attached hydrogen (secondary N) is 2. The van der Waals surface area contributed by atoms with Gasteiger partial charge in [0.15, 0.2) is 0 Å². The molecule has 0 spiro atoms. The van der Waals surface area contributed by atoms with E-state index in [1.807, 2.05) is 12.1 Å². The highest BCUT2D eigenvalue weighted by molar-refractivity contribution is 7.91. The van der Waals surface area contributed by atoms with Gasteiger partial charge in [-0.3, -0.25) is 4.79 Å². The van der Waals surface area contributed by atoms with Crippen LogP contribution in [0.2, 0.25) is 0 Å². The predicted octanol–water partition coefficient (Wildman–Crippen LogP) is 1.73. The molecular weight excluding hydrogens is 320 g/mol. The molecule has 7 heteroatoms. The maximum absolute atomic E-state index is 12.2. The van der Waals surface area contributed by atoms with Gasteiger partial charge >= 0.3 is 0 Å². The van der Waals surface area contributed by atoms with Gasteiger partial charge in [-0.15, -0.1) is 11.3 Å². The van der Waals surface area contributed by atoms with E-state index >= 15 is 0 Å². The van der Waals surface area contributed by atoms with Crippen molar-refractivity contribution >= 4 is 27.1 Å². The molecule has 0 saturated carbocycles. The number of thiophene rings is 1. The summed E-state index contributed by atoms with van der Waals surface area (Å²) >= 11 is 1.55. The first-order valence-corrected chi connectivity index (χ1v) is 10.5. The molecule has 1 atom stereocenters. The first-order chi connectivity index (χ1) is 10.5. The second kappa shape index (κ2) is 6.68. The van der Waals surface area contributed by atoms with Crippen LogP contribution in [0.4, 0.5) is 0 Å². The van der Waals surface area contributed by atoms with E-state index in [1.165, 1.54) is 11.3 Å². The van der Waals surface area contributed by atoms with E-state index in [0.29, 0.717) is 25.4 Å². The first kappa shape index (κ1) is 16.0. The number of sulfone groups is 1. The van der Waals surface area contributed by atoms with Crippen LogP contribution in [0.25, 0.3) is 0 Å². The molecule has 0 aliphatic carbocycles.